The zero-order valence-electron chi connectivity index (χ0n) is 10.8. The Bertz CT molecular complexity index is 582. The number of nitrogens with zero attached hydrogens (tertiary/aromatic N) is 1. The lowest BCUT2D eigenvalue weighted by molar-refractivity contribution is 0.348. The van der Waals surface area contributed by atoms with Crippen LogP contribution in [0.4, 0.5) is 0 Å². The summed E-state index contributed by atoms with van der Waals surface area (Å²) in [6.45, 7) is 2.77. The van der Waals surface area contributed by atoms with E-state index < -0.39 is 0 Å². The van der Waals surface area contributed by atoms with Crippen LogP contribution in [0, 0.1) is 6.92 Å². The number of hydrazine groups is 1. The molecule has 0 saturated heterocycles. The SMILES string of the molecule is Cc1csc(CC(NN)c2cccc3c2OCC3)n1. The van der Waals surface area contributed by atoms with Gasteiger partial charge in [0.2, 0.25) is 0 Å². The Kier molecular flexibility index (Phi) is 3.50. The van der Waals surface area contributed by atoms with Gasteiger partial charge in [0.15, 0.2) is 0 Å². The van der Waals surface area contributed by atoms with E-state index in [1.807, 2.05) is 6.92 Å². The number of thiazole rings is 1. The molecule has 0 fully saturated rings. The molecule has 0 aliphatic carbocycles. The molecule has 1 unspecified atom stereocenters. The summed E-state index contributed by atoms with van der Waals surface area (Å²) in [7, 11) is 0. The first-order valence-electron chi connectivity index (χ1n) is 6.39. The summed E-state index contributed by atoms with van der Waals surface area (Å²) in [5.41, 5.74) is 6.35. The Morgan fingerprint density at radius 2 is 2.42 bits per heavy atom. The minimum atomic E-state index is 0.0404. The first kappa shape index (κ1) is 12.6. The quantitative estimate of drug-likeness (QED) is 0.663. The Labute approximate surface area is 116 Å². The van der Waals surface area contributed by atoms with Gasteiger partial charge in [-0.25, -0.2) is 4.98 Å². The van der Waals surface area contributed by atoms with E-state index in [0.29, 0.717) is 0 Å². The third kappa shape index (κ3) is 2.49. The van der Waals surface area contributed by atoms with Crippen molar-refractivity contribution in [2.45, 2.75) is 25.8 Å². The lowest BCUT2D eigenvalue weighted by atomic mass is 10.0. The van der Waals surface area contributed by atoms with E-state index in [4.69, 9.17) is 10.6 Å². The van der Waals surface area contributed by atoms with E-state index in [0.717, 1.165) is 41.5 Å². The van der Waals surface area contributed by atoms with Crippen LogP contribution in [0.2, 0.25) is 0 Å². The van der Waals surface area contributed by atoms with Gasteiger partial charge in [0.25, 0.3) is 0 Å². The second-order valence-corrected chi connectivity index (χ2v) is 5.68. The number of aryl methyl sites for hydroxylation is 1. The highest BCUT2D eigenvalue weighted by molar-refractivity contribution is 7.09. The number of para-hydroxylation sites is 1. The Morgan fingerprint density at radius 3 is 3.16 bits per heavy atom. The first-order valence-corrected chi connectivity index (χ1v) is 7.27. The summed E-state index contributed by atoms with van der Waals surface area (Å²) < 4.78 is 5.74. The van der Waals surface area contributed by atoms with E-state index in [1.165, 1.54) is 5.56 Å². The zero-order valence-corrected chi connectivity index (χ0v) is 11.7. The summed E-state index contributed by atoms with van der Waals surface area (Å²) in [6.07, 6.45) is 1.77. The Hall–Kier alpha value is -1.43. The number of nitrogens with two attached hydrogens (primary N) is 1. The molecule has 5 heteroatoms. The molecule has 3 rings (SSSR count). The van der Waals surface area contributed by atoms with Gasteiger partial charge in [-0.3, -0.25) is 11.3 Å². The highest BCUT2D eigenvalue weighted by atomic mass is 32.1. The van der Waals surface area contributed by atoms with Crippen molar-refractivity contribution in [3.05, 3.63) is 45.4 Å². The van der Waals surface area contributed by atoms with Gasteiger partial charge < -0.3 is 4.74 Å². The summed E-state index contributed by atoms with van der Waals surface area (Å²) in [6, 6.07) is 6.31. The lowest BCUT2D eigenvalue weighted by Crippen LogP contribution is -2.29. The topological polar surface area (TPSA) is 60.2 Å². The van der Waals surface area contributed by atoms with Gasteiger partial charge in [-0.2, -0.15) is 0 Å². The normalized spacial score (nSPS) is 15.1. The van der Waals surface area contributed by atoms with Crippen molar-refractivity contribution >= 4 is 11.3 Å². The van der Waals surface area contributed by atoms with Gasteiger partial charge in [-0.05, 0) is 12.5 Å². The predicted octanol–water partition coefficient (Wildman–Crippen LogP) is 2.13. The minimum absolute atomic E-state index is 0.0404. The first-order chi connectivity index (χ1) is 9.28. The van der Waals surface area contributed by atoms with Crippen LogP contribution < -0.4 is 16.0 Å². The van der Waals surface area contributed by atoms with E-state index in [2.05, 4.69) is 34.0 Å². The molecule has 0 spiro atoms. The third-order valence-electron chi connectivity index (χ3n) is 3.37. The Morgan fingerprint density at radius 1 is 1.53 bits per heavy atom. The van der Waals surface area contributed by atoms with Crippen molar-refractivity contribution in [2.24, 2.45) is 5.84 Å². The van der Waals surface area contributed by atoms with Crippen molar-refractivity contribution in [3.8, 4) is 5.75 Å². The fourth-order valence-corrected chi connectivity index (χ4v) is 3.26. The minimum Gasteiger partial charge on any atom is -0.493 e. The van der Waals surface area contributed by atoms with E-state index in [1.54, 1.807) is 11.3 Å². The van der Waals surface area contributed by atoms with Gasteiger partial charge in [-0.1, -0.05) is 18.2 Å². The molecule has 1 aromatic carbocycles. The fraction of sp³-hybridized carbons (Fsp3) is 0.357. The molecular weight excluding hydrogens is 258 g/mol. The van der Waals surface area contributed by atoms with Gasteiger partial charge >= 0.3 is 0 Å². The second kappa shape index (κ2) is 5.28. The maximum Gasteiger partial charge on any atom is 0.127 e. The van der Waals surface area contributed by atoms with E-state index in [9.17, 15) is 0 Å². The maximum absolute atomic E-state index is 5.74. The molecule has 1 atom stereocenters. The van der Waals surface area contributed by atoms with Crippen LogP contribution in [0.3, 0.4) is 0 Å². The molecule has 0 saturated carbocycles. The monoisotopic (exact) mass is 275 g/mol. The van der Waals surface area contributed by atoms with Gasteiger partial charge in [0, 0.05) is 29.5 Å². The third-order valence-corrected chi connectivity index (χ3v) is 4.36. The molecule has 0 amide bonds. The summed E-state index contributed by atoms with van der Waals surface area (Å²) in [5, 5.41) is 3.16. The standard InChI is InChI=1S/C14H17N3OS/c1-9-8-19-13(16-9)7-12(17-15)11-4-2-3-10-5-6-18-14(10)11/h2-4,8,12,17H,5-7,15H2,1H3. The molecule has 100 valence electrons. The molecule has 2 heterocycles. The Balaban J connectivity index is 1.88. The van der Waals surface area contributed by atoms with Crippen molar-refractivity contribution in [3.63, 3.8) is 0 Å². The highest BCUT2D eigenvalue weighted by Gasteiger charge is 2.22. The number of hydrogen-bond acceptors (Lipinski definition) is 5. The van der Waals surface area contributed by atoms with Crippen LogP contribution in [-0.2, 0) is 12.8 Å². The summed E-state index contributed by atoms with van der Waals surface area (Å²) >= 11 is 1.67. The van der Waals surface area contributed by atoms with E-state index >= 15 is 0 Å². The van der Waals surface area contributed by atoms with Crippen molar-refractivity contribution in [1.29, 1.82) is 0 Å². The van der Waals surface area contributed by atoms with Crippen LogP contribution in [0.25, 0.3) is 0 Å². The van der Waals surface area contributed by atoms with Crippen LogP contribution in [0.15, 0.2) is 23.6 Å². The molecule has 19 heavy (non-hydrogen) atoms. The number of benzene rings is 1. The molecule has 3 N–H and O–H groups in total. The second-order valence-electron chi connectivity index (χ2n) is 4.74. The summed E-state index contributed by atoms with van der Waals surface area (Å²) in [5.74, 6) is 6.72. The largest absolute Gasteiger partial charge is 0.493 e. The van der Waals surface area contributed by atoms with Crippen LogP contribution in [0.1, 0.15) is 27.9 Å². The maximum atomic E-state index is 5.74. The number of hydrogen-bond donors (Lipinski definition) is 2. The zero-order chi connectivity index (χ0) is 13.2. The lowest BCUT2D eigenvalue weighted by Gasteiger charge is -2.17. The number of ether oxygens (including phenoxy) is 1. The number of rotatable bonds is 4. The molecule has 0 radical (unpaired) electrons. The fourth-order valence-electron chi connectivity index (χ4n) is 2.44. The van der Waals surface area contributed by atoms with Crippen LogP contribution >= 0.6 is 11.3 Å². The molecule has 1 aromatic heterocycles. The summed E-state index contributed by atoms with van der Waals surface area (Å²) in [4.78, 5) is 4.50. The van der Waals surface area contributed by atoms with Crippen molar-refractivity contribution < 1.29 is 4.74 Å². The highest BCUT2D eigenvalue weighted by Crippen LogP contribution is 2.34. The van der Waals surface area contributed by atoms with Crippen LogP contribution in [-0.4, -0.2) is 11.6 Å². The smallest absolute Gasteiger partial charge is 0.127 e. The number of fused-ring (bicyclic) bond motifs is 1. The number of aromatic nitrogens is 1. The van der Waals surface area contributed by atoms with Gasteiger partial charge in [0.1, 0.15) is 5.75 Å². The van der Waals surface area contributed by atoms with E-state index in [-0.39, 0.29) is 6.04 Å². The van der Waals surface area contributed by atoms with Gasteiger partial charge in [0.05, 0.1) is 17.7 Å². The predicted molar refractivity (Wildman–Crippen MR) is 76.3 cm³/mol. The molecule has 2 aromatic rings. The number of nitrogens with one attached hydrogen (secondary N) is 1. The van der Waals surface area contributed by atoms with Gasteiger partial charge in [-0.15, -0.1) is 11.3 Å². The molecule has 1 aliphatic rings. The molecule has 0 bridgehead atoms. The molecule has 1 aliphatic heterocycles. The average molecular weight is 275 g/mol. The average Bonchev–Trinajstić information content (AvgIpc) is 3.04. The molecule has 4 nitrogen and oxygen atoms in total. The van der Waals surface area contributed by atoms with Crippen molar-refractivity contribution in [1.82, 2.24) is 10.4 Å². The van der Waals surface area contributed by atoms with Crippen LogP contribution in [0.5, 0.6) is 5.75 Å². The van der Waals surface area contributed by atoms with Crippen molar-refractivity contribution in [2.75, 3.05) is 6.61 Å². The molecular formula is C14H17N3OS.